The van der Waals surface area contributed by atoms with Crippen LogP contribution in [0.25, 0.3) is 0 Å². The molecule has 1 aromatic heterocycles. The zero-order chi connectivity index (χ0) is 17.6. The lowest BCUT2D eigenvalue weighted by Crippen LogP contribution is -2.35. The Hall–Kier alpha value is -2.91. The fourth-order valence-corrected chi connectivity index (χ4v) is 3.00. The van der Waals surface area contributed by atoms with Gasteiger partial charge in [-0.1, -0.05) is 6.07 Å². The van der Waals surface area contributed by atoms with Gasteiger partial charge >= 0.3 is 0 Å². The second-order valence-electron chi connectivity index (χ2n) is 6.13. The SMILES string of the molecule is N#Cc1cccc(C(=O)Nc2cccnc2N2CCC(CO)CC2)c1. The summed E-state index contributed by atoms with van der Waals surface area (Å²) < 4.78 is 0. The summed E-state index contributed by atoms with van der Waals surface area (Å²) in [5.74, 6) is 0.812. The maximum Gasteiger partial charge on any atom is 0.255 e. The van der Waals surface area contributed by atoms with E-state index in [1.54, 1.807) is 36.5 Å². The van der Waals surface area contributed by atoms with Crippen molar-refractivity contribution in [2.24, 2.45) is 5.92 Å². The third kappa shape index (κ3) is 3.95. The smallest absolute Gasteiger partial charge is 0.255 e. The van der Waals surface area contributed by atoms with Crippen molar-refractivity contribution in [3.8, 4) is 6.07 Å². The molecule has 1 amide bonds. The molecule has 0 saturated carbocycles. The number of nitriles is 1. The lowest BCUT2D eigenvalue weighted by molar-refractivity contribution is 0.102. The molecule has 25 heavy (non-hydrogen) atoms. The van der Waals surface area contributed by atoms with Gasteiger partial charge in [-0.3, -0.25) is 4.79 Å². The van der Waals surface area contributed by atoms with Crippen LogP contribution < -0.4 is 10.2 Å². The van der Waals surface area contributed by atoms with Crippen LogP contribution in [0.1, 0.15) is 28.8 Å². The van der Waals surface area contributed by atoms with E-state index in [1.807, 2.05) is 12.1 Å². The number of aromatic nitrogens is 1. The molecule has 0 aliphatic carbocycles. The predicted molar refractivity (Wildman–Crippen MR) is 95.4 cm³/mol. The number of hydrogen-bond acceptors (Lipinski definition) is 5. The number of benzene rings is 1. The third-order valence-electron chi connectivity index (χ3n) is 4.46. The fraction of sp³-hybridized carbons (Fsp3) is 0.316. The van der Waals surface area contributed by atoms with Crippen LogP contribution in [0.5, 0.6) is 0 Å². The molecule has 1 aromatic carbocycles. The lowest BCUT2D eigenvalue weighted by Gasteiger charge is -2.33. The first-order valence-electron chi connectivity index (χ1n) is 8.33. The number of aliphatic hydroxyl groups excluding tert-OH is 1. The molecule has 2 aromatic rings. The maximum absolute atomic E-state index is 12.5. The molecular formula is C19H20N4O2. The van der Waals surface area contributed by atoms with Gasteiger partial charge in [0.1, 0.15) is 0 Å². The van der Waals surface area contributed by atoms with Crippen molar-refractivity contribution in [3.63, 3.8) is 0 Å². The number of piperidine rings is 1. The van der Waals surface area contributed by atoms with Gasteiger partial charge in [0.2, 0.25) is 0 Å². The van der Waals surface area contributed by atoms with Crippen LogP contribution in [0.4, 0.5) is 11.5 Å². The Bertz CT molecular complexity index is 792. The molecule has 0 radical (unpaired) electrons. The van der Waals surface area contributed by atoms with E-state index in [1.165, 1.54) is 0 Å². The zero-order valence-electron chi connectivity index (χ0n) is 13.9. The molecule has 3 rings (SSSR count). The van der Waals surface area contributed by atoms with Crippen LogP contribution in [-0.4, -0.2) is 35.7 Å². The summed E-state index contributed by atoms with van der Waals surface area (Å²) in [5.41, 5.74) is 1.54. The van der Waals surface area contributed by atoms with E-state index in [-0.39, 0.29) is 12.5 Å². The fourth-order valence-electron chi connectivity index (χ4n) is 3.00. The average molecular weight is 336 g/mol. The van der Waals surface area contributed by atoms with Crippen molar-refractivity contribution in [2.45, 2.75) is 12.8 Å². The topological polar surface area (TPSA) is 89.2 Å². The number of pyridine rings is 1. The van der Waals surface area contributed by atoms with Gasteiger partial charge in [-0.15, -0.1) is 0 Å². The summed E-state index contributed by atoms with van der Waals surface area (Å²) in [7, 11) is 0. The highest BCUT2D eigenvalue weighted by Crippen LogP contribution is 2.28. The first kappa shape index (κ1) is 16.9. The molecule has 2 heterocycles. The number of anilines is 2. The first-order chi connectivity index (χ1) is 12.2. The standard InChI is InChI=1S/C19H20N4O2/c20-12-15-3-1-4-16(11-15)19(25)22-17-5-2-8-21-18(17)23-9-6-14(13-24)7-10-23/h1-5,8,11,14,24H,6-7,9-10,13H2,(H,22,25). The predicted octanol–water partition coefficient (Wildman–Crippen LogP) is 2.41. The molecule has 128 valence electrons. The summed E-state index contributed by atoms with van der Waals surface area (Å²) in [6, 6.07) is 12.2. The van der Waals surface area contributed by atoms with Crippen molar-refractivity contribution in [1.29, 1.82) is 5.26 Å². The molecule has 6 nitrogen and oxygen atoms in total. The van der Waals surface area contributed by atoms with Crippen molar-refractivity contribution in [1.82, 2.24) is 4.98 Å². The Labute approximate surface area is 146 Å². The highest BCUT2D eigenvalue weighted by molar-refractivity contribution is 6.05. The molecule has 1 aliphatic heterocycles. The van der Waals surface area contributed by atoms with Gasteiger partial charge in [-0.05, 0) is 49.1 Å². The van der Waals surface area contributed by atoms with Crippen LogP contribution >= 0.6 is 0 Å². The number of carbonyl (C=O) groups is 1. The lowest BCUT2D eigenvalue weighted by atomic mass is 9.98. The summed E-state index contributed by atoms with van der Waals surface area (Å²) >= 11 is 0. The van der Waals surface area contributed by atoms with Gasteiger partial charge < -0.3 is 15.3 Å². The summed E-state index contributed by atoms with van der Waals surface area (Å²) in [6.45, 7) is 1.82. The highest BCUT2D eigenvalue weighted by Gasteiger charge is 2.22. The van der Waals surface area contributed by atoms with Crippen molar-refractivity contribution < 1.29 is 9.90 Å². The largest absolute Gasteiger partial charge is 0.396 e. The molecule has 2 N–H and O–H groups in total. The van der Waals surface area contributed by atoms with Gasteiger partial charge in [0.05, 0.1) is 17.3 Å². The first-order valence-corrected chi connectivity index (χ1v) is 8.33. The second-order valence-corrected chi connectivity index (χ2v) is 6.13. The van der Waals surface area contributed by atoms with Crippen molar-refractivity contribution in [3.05, 3.63) is 53.7 Å². The Morgan fingerprint density at radius 2 is 2.12 bits per heavy atom. The molecule has 0 unspecified atom stereocenters. The van der Waals surface area contributed by atoms with Crippen LogP contribution in [0.15, 0.2) is 42.6 Å². The van der Waals surface area contributed by atoms with Gasteiger partial charge in [0.15, 0.2) is 5.82 Å². The Balaban J connectivity index is 1.77. The maximum atomic E-state index is 12.5. The van der Waals surface area contributed by atoms with E-state index < -0.39 is 0 Å². The monoisotopic (exact) mass is 336 g/mol. The number of hydrogen-bond donors (Lipinski definition) is 2. The summed E-state index contributed by atoms with van der Waals surface area (Å²) in [6.07, 6.45) is 3.52. The number of carbonyl (C=O) groups excluding carboxylic acids is 1. The van der Waals surface area contributed by atoms with Crippen LogP contribution in [-0.2, 0) is 0 Å². The summed E-state index contributed by atoms with van der Waals surface area (Å²) in [5, 5.41) is 21.1. The molecule has 1 saturated heterocycles. The number of nitrogens with zero attached hydrogens (tertiary/aromatic N) is 3. The number of nitrogens with one attached hydrogen (secondary N) is 1. The molecule has 6 heteroatoms. The molecule has 0 spiro atoms. The number of rotatable bonds is 4. The minimum absolute atomic E-state index is 0.217. The Morgan fingerprint density at radius 1 is 1.32 bits per heavy atom. The Morgan fingerprint density at radius 3 is 2.84 bits per heavy atom. The van der Waals surface area contributed by atoms with Crippen LogP contribution in [0.3, 0.4) is 0 Å². The van der Waals surface area contributed by atoms with Crippen LogP contribution in [0.2, 0.25) is 0 Å². The minimum atomic E-state index is -0.267. The number of aliphatic hydroxyl groups is 1. The summed E-state index contributed by atoms with van der Waals surface area (Å²) in [4.78, 5) is 19.1. The van der Waals surface area contributed by atoms with Gasteiger partial charge in [-0.2, -0.15) is 5.26 Å². The van der Waals surface area contributed by atoms with E-state index >= 15 is 0 Å². The Kier molecular flexibility index (Phi) is 5.26. The van der Waals surface area contributed by atoms with Gasteiger partial charge in [0, 0.05) is 31.5 Å². The molecule has 1 fully saturated rings. The second kappa shape index (κ2) is 7.77. The minimum Gasteiger partial charge on any atom is -0.396 e. The number of amides is 1. The van der Waals surface area contributed by atoms with Crippen molar-refractivity contribution >= 4 is 17.4 Å². The normalized spacial score (nSPS) is 14.8. The van der Waals surface area contributed by atoms with E-state index in [0.29, 0.717) is 22.7 Å². The molecule has 1 aliphatic rings. The van der Waals surface area contributed by atoms with E-state index in [9.17, 15) is 9.90 Å². The molecular weight excluding hydrogens is 316 g/mol. The van der Waals surface area contributed by atoms with E-state index in [2.05, 4.69) is 15.2 Å². The van der Waals surface area contributed by atoms with Crippen LogP contribution in [0, 0.1) is 17.2 Å². The zero-order valence-corrected chi connectivity index (χ0v) is 13.9. The van der Waals surface area contributed by atoms with Gasteiger partial charge in [-0.25, -0.2) is 4.98 Å². The molecule has 0 bridgehead atoms. The van der Waals surface area contributed by atoms with E-state index in [0.717, 1.165) is 31.7 Å². The molecule has 0 atom stereocenters. The third-order valence-corrected chi connectivity index (χ3v) is 4.46. The van der Waals surface area contributed by atoms with Crippen molar-refractivity contribution in [2.75, 3.05) is 29.9 Å². The highest BCUT2D eigenvalue weighted by atomic mass is 16.3. The quantitative estimate of drug-likeness (QED) is 0.895. The average Bonchev–Trinajstić information content (AvgIpc) is 2.68. The van der Waals surface area contributed by atoms with Gasteiger partial charge in [0.25, 0.3) is 5.91 Å². The van der Waals surface area contributed by atoms with E-state index in [4.69, 9.17) is 5.26 Å².